The van der Waals surface area contributed by atoms with Crippen molar-refractivity contribution in [3.05, 3.63) is 28.6 Å². The van der Waals surface area contributed by atoms with Crippen LogP contribution < -0.4 is 15.0 Å². The molecule has 2 aromatic rings. The van der Waals surface area contributed by atoms with Gasteiger partial charge in [-0.05, 0) is 18.2 Å². The van der Waals surface area contributed by atoms with Gasteiger partial charge in [0.05, 0.1) is 29.6 Å². The molecule has 1 aromatic carbocycles. The summed E-state index contributed by atoms with van der Waals surface area (Å²) in [6.07, 6.45) is 0.751. The Morgan fingerprint density at radius 1 is 1.32 bits per heavy atom. The van der Waals surface area contributed by atoms with E-state index in [1.165, 1.54) is 4.90 Å². The van der Waals surface area contributed by atoms with Gasteiger partial charge in [-0.2, -0.15) is 0 Å². The topological polar surface area (TPSA) is 90.0 Å². The molecule has 1 N–H and O–H groups in total. The predicted molar refractivity (Wildman–Crippen MR) is 106 cm³/mol. The second kappa shape index (κ2) is 9.63. The van der Waals surface area contributed by atoms with Crippen LogP contribution in [0.15, 0.2) is 23.6 Å². The highest BCUT2D eigenvalue weighted by Crippen LogP contribution is 2.36. The van der Waals surface area contributed by atoms with Crippen LogP contribution in [0.1, 0.15) is 5.01 Å². The number of fused-ring (bicyclic) bond motifs is 1. The Hall–Kier alpha value is -2.49. The Morgan fingerprint density at radius 3 is 2.93 bits per heavy atom. The molecule has 1 aliphatic heterocycles. The van der Waals surface area contributed by atoms with E-state index in [2.05, 4.69) is 10.3 Å². The summed E-state index contributed by atoms with van der Waals surface area (Å²) in [6.45, 7) is 1.27. The third kappa shape index (κ3) is 4.86. The second-order valence-electron chi connectivity index (χ2n) is 6.16. The number of nitrogens with zero attached hydrogens (tertiary/aromatic N) is 2. The largest absolute Gasteiger partial charge is 0.482 e. The van der Waals surface area contributed by atoms with Gasteiger partial charge in [-0.1, -0.05) is 0 Å². The Labute approximate surface area is 167 Å². The van der Waals surface area contributed by atoms with E-state index in [4.69, 9.17) is 14.2 Å². The molecule has 0 bridgehead atoms. The molecule has 0 saturated carbocycles. The number of hydrogen-bond acceptors (Lipinski definition) is 7. The lowest BCUT2D eigenvalue weighted by molar-refractivity contribution is -0.125. The number of thiazole rings is 1. The van der Waals surface area contributed by atoms with Crippen molar-refractivity contribution in [2.75, 3.05) is 52.0 Å². The maximum absolute atomic E-state index is 12.4. The summed E-state index contributed by atoms with van der Waals surface area (Å²) >= 11 is 1.57. The van der Waals surface area contributed by atoms with Gasteiger partial charge in [0, 0.05) is 38.1 Å². The number of rotatable bonds is 9. The Balaban J connectivity index is 1.79. The van der Waals surface area contributed by atoms with Crippen molar-refractivity contribution in [1.29, 1.82) is 0 Å². The number of nitrogens with one attached hydrogen (secondary N) is 1. The number of carbonyl (C=O) groups excluding carboxylic acids is 2. The van der Waals surface area contributed by atoms with Crippen LogP contribution in [0.5, 0.6) is 5.75 Å². The predicted octanol–water partition coefficient (Wildman–Crippen LogP) is 1.49. The van der Waals surface area contributed by atoms with Crippen molar-refractivity contribution in [3.8, 4) is 17.0 Å². The van der Waals surface area contributed by atoms with E-state index in [0.29, 0.717) is 31.2 Å². The fourth-order valence-corrected chi connectivity index (χ4v) is 3.56. The van der Waals surface area contributed by atoms with Crippen molar-refractivity contribution in [3.63, 3.8) is 0 Å². The van der Waals surface area contributed by atoms with Crippen LogP contribution in [0.4, 0.5) is 5.69 Å². The van der Waals surface area contributed by atoms with Gasteiger partial charge in [-0.15, -0.1) is 11.3 Å². The number of amides is 2. The van der Waals surface area contributed by atoms with Gasteiger partial charge in [-0.25, -0.2) is 4.98 Å². The third-order valence-corrected chi connectivity index (χ3v) is 5.11. The van der Waals surface area contributed by atoms with Crippen LogP contribution >= 0.6 is 11.3 Å². The molecule has 0 saturated heterocycles. The summed E-state index contributed by atoms with van der Waals surface area (Å²) < 4.78 is 15.5. The van der Waals surface area contributed by atoms with Gasteiger partial charge < -0.3 is 19.5 Å². The molecule has 3 rings (SSSR count). The van der Waals surface area contributed by atoms with E-state index in [1.807, 2.05) is 17.5 Å². The Morgan fingerprint density at radius 2 is 2.14 bits per heavy atom. The number of benzene rings is 1. The number of ether oxygens (including phenoxy) is 3. The van der Waals surface area contributed by atoms with E-state index in [-0.39, 0.29) is 25.0 Å². The summed E-state index contributed by atoms with van der Waals surface area (Å²) in [5.74, 6) is 0.0626. The average molecular weight is 405 g/mol. The van der Waals surface area contributed by atoms with E-state index >= 15 is 0 Å². The lowest BCUT2D eigenvalue weighted by Gasteiger charge is -2.29. The van der Waals surface area contributed by atoms with Gasteiger partial charge >= 0.3 is 0 Å². The molecular formula is C19H23N3O5S. The van der Waals surface area contributed by atoms with E-state index in [9.17, 15) is 9.59 Å². The van der Waals surface area contributed by atoms with Crippen LogP contribution in [0.2, 0.25) is 0 Å². The first-order valence-electron chi connectivity index (χ1n) is 8.89. The molecule has 2 amide bonds. The van der Waals surface area contributed by atoms with Crippen molar-refractivity contribution >= 4 is 28.8 Å². The summed E-state index contributed by atoms with van der Waals surface area (Å²) in [4.78, 5) is 30.6. The first-order chi connectivity index (χ1) is 13.6. The first kappa shape index (κ1) is 20.2. The minimum absolute atomic E-state index is 0.0709. The average Bonchev–Trinajstić information content (AvgIpc) is 3.17. The minimum atomic E-state index is -0.259. The second-order valence-corrected chi connectivity index (χ2v) is 7.11. The SMILES string of the molecule is COCCNC(=O)CN1C(=O)COc2ccc(-c3csc(CCOC)n3)cc21. The standard InChI is InChI=1S/C19H23N3O5S/c1-25-7-5-18-21-14(12-28-18)13-3-4-16-15(9-13)22(19(24)11-27-16)10-17(23)20-6-8-26-2/h3-4,9,12H,5-8,10-11H2,1-2H3,(H,20,23). The molecule has 28 heavy (non-hydrogen) atoms. The fourth-order valence-electron chi connectivity index (χ4n) is 2.77. The minimum Gasteiger partial charge on any atom is -0.482 e. The zero-order chi connectivity index (χ0) is 19.9. The van der Waals surface area contributed by atoms with Gasteiger partial charge in [0.25, 0.3) is 5.91 Å². The fraction of sp³-hybridized carbons (Fsp3) is 0.421. The highest BCUT2D eigenvalue weighted by molar-refractivity contribution is 7.09. The van der Waals surface area contributed by atoms with Crippen LogP contribution in [0.3, 0.4) is 0 Å². The summed E-state index contributed by atoms with van der Waals surface area (Å²) in [5.41, 5.74) is 2.25. The molecule has 2 heterocycles. The van der Waals surface area contributed by atoms with Crippen molar-refractivity contribution in [1.82, 2.24) is 10.3 Å². The molecule has 150 valence electrons. The number of aromatic nitrogens is 1. The van der Waals surface area contributed by atoms with Gasteiger partial charge in [0.2, 0.25) is 5.91 Å². The van der Waals surface area contributed by atoms with Gasteiger partial charge in [0.15, 0.2) is 6.61 Å². The van der Waals surface area contributed by atoms with E-state index in [1.54, 1.807) is 31.6 Å². The van der Waals surface area contributed by atoms with E-state index < -0.39 is 0 Å². The molecule has 0 fully saturated rings. The summed E-state index contributed by atoms with van der Waals surface area (Å²) in [6, 6.07) is 5.55. The van der Waals surface area contributed by atoms with Crippen molar-refractivity contribution in [2.24, 2.45) is 0 Å². The Kier molecular flexibility index (Phi) is 6.96. The summed E-state index contributed by atoms with van der Waals surface area (Å²) in [7, 11) is 3.23. The molecule has 8 nitrogen and oxygen atoms in total. The highest BCUT2D eigenvalue weighted by atomic mass is 32.1. The smallest absolute Gasteiger partial charge is 0.265 e. The molecule has 0 radical (unpaired) electrons. The quantitative estimate of drug-likeness (QED) is 0.636. The van der Waals surface area contributed by atoms with Crippen LogP contribution in [0, 0.1) is 0 Å². The number of hydrogen-bond donors (Lipinski definition) is 1. The molecule has 1 aliphatic rings. The van der Waals surface area contributed by atoms with Crippen molar-refractivity contribution < 1.29 is 23.8 Å². The van der Waals surface area contributed by atoms with Gasteiger partial charge in [-0.3, -0.25) is 14.5 Å². The monoisotopic (exact) mass is 405 g/mol. The van der Waals surface area contributed by atoms with Crippen LogP contribution in [0.25, 0.3) is 11.3 Å². The molecule has 0 unspecified atom stereocenters. The maximum Gasteiger partial charge on any atom is 0.265 e. The molecule has 0 aliphatic carbocycles. The van der Waals surface area contributed by atoms with Crippen LogP contribution in [-0.2, 0) is 25.5 Å². The lowest BCUT2D eigenvalue weighted by atomic mass is 10.1. The zero-order valence-electron chi connectivity index (χ0n) is 15.9. The molecular weight excluding hydrogens is 382 g/mol. The maximum atomic E-state index is 12.4. The van der Waals surface area contributed by atoms with Crippen molar-refractivity contribution in [2.45, 2.75) is 6.42 Å². The number of methoxy groups -OCH3 is 2. The molecule has 0 atom stereocenters. The summed E-state index contributed by atoms with van der Waals surface area (Å²) in [5, 5.41) is 5.69. The lowest BCUT2D eigenvalue weighted by Crippen LogP contribution is -2.45. The Bertz CT molecular complexity index is 839. The molecule has 1 aromatic heterocycles. The zero-order valence-corrected chi connectivity index (χ0v) is 16.7. The highest BCUT2D eigenvalue weighted by Gasteiger charge is 2.28. The normalized spacial score (nSPS) is 13.2. The van der Waals surface area contributed by atoms with E-state index in [0.717, 1.165) is 22.7 Å². The number of anilines is 1. The third-order valence-electron chi connectivity index (χ3n) is 4.20. The molecule has 9 heteroatoms. The molecule has 0 spiro atoms. The van der Waals surface area contributed by atoms with Gasteiger partial charge in [0.1, 0.15) is 12.3 Å². The number of carbonyl (C=O) groups is 2. The first-order valence-corrected chi connectivity index (χ1v) is 9.77. The van der Waals surface area contributed by atoms with Crippen LogP contribution in [-0.4, -0.2) is 63.9 Å².